The van der Waals surface area contributed by atoms with Crippen LogP contribution >= 0.6 is 0 Å². The van der Waals surface area contributed by atoms with E-state index in [1.165, 1.54) is 12.1 Å². The molecule has 0 radical (unpaired) electrons. The van der Waals surface area contributed by atoms with Crippen molar-refractivity contribution in [1.82, 2.24) is 0 Å². The molecule has 0 saturated heterocycles. The van der Waals surface area contributed by atoms with Crippen LogP contribution in [0, 0.1) is 15.9 Å². The molecule has 0 heterocycles. The van der Waals surface area contributed by atoms with Gasteiger partial charge in [0.1, 0.15) is 17.3 Å². The average Bonchev–Trinajstić information content (AvgIpc) is 2.38. The van der Waals surface area contributed by atoms with Gasteiger partial charge in [0.05, 0.1) is 0 Å². The molecule has 2 aromatic rings. The van der Waals surface area contributed by atoms with Crippen molar-refractivity contribution in [1.29, 1.82) is 0 Å². The van der Waals surface area contributed by atoms with Crippen molar-refractivity contribution in [3.8, 4) is 11.5 Å². The van der Waals surface area contributed by atoms with Gasteiger partial charge in [0.25, 0.3) is 0 Å². The van der Waals surface area contributed by atoms with Gasteiger partial charge in [0.15, 0.2) is 0 Å². The first kappa shape index (κ1) is 13.0. The number of nitro groups is 1. The van der Waals surface area contributed by atoms with Crippen LogP contribution in [0.4, 0.5) is 4.39 Å². The predicted molar refractivity (Wildman–Crippen MR) is 68.5 cm³/mol. The number of rotatable bonds is 5. The summed E-state index contributed by atoms with van der Waals surface area (Å²) >= 11 is 0. The van der Waals surface area contributed by atoms with Crippen molar-refractivity contribution in [3.05, 3.63) is 70.0 Å². The average molecular weight is 261 g/mol. The molecule has 0 spiro atoms. The zero-order valence-electron chi connectivity index (χ0n) is 10.1. The highest BCUT2D eigenvalue weighted by molar-refractivity contribution is 5.33. The van der Waals surface area contributed by atoms with Gasteiger partial charge in [-0.3, -0.25) is 10.1 Å². The molecule has 0 aliphatic heterocycles. The minimum Gasteiger partial charge on any atom is -0.457 e. The fourth-order valence-corrected chi connectivity index (χ4v) is 1.61. The van der Waals surface area contributed by atoms with Crippen LogP contribution in [0.1, 0.15) is 5.56 Å². The standard InChI is InChI=1S/C14H12FNO3/c15-12-2-1-3-14(10-12)19-13-6-4-11(5-7-13)8-9-16(17)18/h1-7,10H,8-9H2. The fourth-order valence-electron chi connectivity index (χ4n) is 1.61. The Balaban J connectivity index is 2.00. The van der Waals surface area contributed by atoms with Gasteiger partial charge in [0.2, 0.25) is 6.54 Å². The molecule has 0 aromatic heterocycles. The Morgan fingerprint density at radius 2 is 1.84 bits per heavy atom. The van der Waals surface area contributed by atoms with Crippen LogP contribution in [0.25, 0.3) is 0 Å². The molecule has 0 saturated carbocycles. The Morgan fingerprint density at radius 3 is 2.47 bits per heavy atom. The summed E-state index contributed by atoms with van der Waals surface area (Å²) in [5.41, 5.74) is 0.864. The highest BCUT2D eigenvalue weighted by Gasteiger charge is 2.02. The zero-order valence-corrected chi connectivity index (χ0v) is 10.1. The summed E-state index contributed by atoms with van der Waals surface area (Å²) in [4.78, 5) is 9.91. The number of benzene rings is 2. The van der Waals surface area contributed by atoms with Crippen LogP contribution in [0.2, 0.25) is 0 Å². The summed E-state index contributed by atoms with van der Waals surface area (Å²) < 4.78 is 18.4. The third kappa shape index (κ3) is 4.06. The van der Waals surface area contributed by atoms with Gasteiger partial charge >= 0.3 is 0 Å². The maximum atomic E-state index is 13.0. The second-order valence-electron chi connectivity index (χ2n) is 4.01. The topological polar surface area (TPSA) is 52.4 Å². The normalized spacial score (nSPS) is 10.2. The van der Waals surface area contributed by atoms with Gasteiger partial charge < -0.3 is 4.74 Å². The molecule has 4 nitrogen and oxygen atoms in total. The molecule has 0 amide bonds. The second-order valence-corrected chi connectivity index (χ2v) is 4.01. The summed E-state index contributed by atoms with van der Waals surface area (Å²) in [7, 11) is 0. The van der Waals surface area contributed by atoms with Gasteiger partial charge in [-0.05, 0) is 29.8 Å². The van der Waals surface area contributed by atoms with Gasteiger partial charge in [-0.2, -0.15) is 0 Å². The summed E-state index contributed by atoms with van der Waals surface area (Å²) in [6.07, 6.45) is 0.382. The van der Waals surface area contributed by atoms with E-state index in [2.05, 4.69) is 0 Å². The smallest absolute Gasteiger partial charge is 0.207 e. The monoisotopic (exact) mass is 261 g/mol. The SMILES string of the molecule is O=[N+]([O-])CCc1ccc(Oc2cccc(F)c2)cc1. The van der Waals surface area contributed by atoms with Crippen molar-refractivity contribution in [3.63, 3.8) is 0 Å². The molecular formula is C14H12FNO3. The van der Waals surface area contributed by atoms with Gasteiger partial charge in [-0.25, -0.2) is 4.39 Å². The number of hydrogen-bond acceptors (Lipinski definition) is 3. The highest BCUT2D eigenvalue weighted by atomic mass is 19.1. The number of ether oxygens (including phenoxy) is 1. The number of halogens is 1. The van der Waals surface area contributed by atoms with Crippen LogP contribution in [0.5, 0.6) is 11.5 Å². The quantitative estimate of drug-likeness (QED) is 0.612. The first-order valence-corrected chi connectivity index (χ1v) is 5.77. The van der Waals surface area contributed by atoms with E-state index in [1.807, 2.05) is 0 Å². The van der Waals surface area contributed by atoms with Crippen LogP contribution < -0.4 is 4.74 Å². The predicted octanol–water partition coefficient (Wildman–Crippen LogP) is 3.44. The van der Waals surface area contributed by atoms with Gasteiger partial charge in [-0.1, -0.05) is 18.2 Å². The van der Waals surface area contributed by atoms with Crippen molar-refractivity contribution < 1.29 is 14.1 Å². The van der Waals surface area contributed by atoms with Crippen molar-refractivity contribution in [2.45, 2.75) is 6.42 Å². The van der Waals surface area contributed by atoms with Gasteiger partial charge in [-0.15, -0.1) is 0 Å². The lowest BCUT2D eigenvalue weighted by atomic mass is 10.1. The molecule has 98 valence electrons. The second kappa shape index (κ2) is 5.95. The van der Waals surface area contributed by atoms with Crippen LogP contribution in [-0.2, 0) is 6.42 Å². The Bertz CT molecular complexity index is 569. The summed E-state index contributed by atoms with van der Waals surface area (Å²) in [5.74, 6) is 0.619. The molecule has 0 N–H and O–H groups in total. The molecule has 2 rings (SSSR count). The first-order chi connectivity index (χ1) is 9.13. The van der Waals surface area contributed by atoms with E-state index in [9.17, 15) is 14.5 Å². The molecule has 0 bridgehead atoms. The maximum absolute atomic E-state index is 13.0. The van der Waals surface area contributed by atoms with E-state index >= 15 is 0 Å². The molecule has 2 aromatic carbocycles. The Labute approximate surface area is 109 Å². The Morgan fingerprint density at radius 1 is 1.11 bits per heavy atom. The molecular weight excluding hydrogens is 249 g/mol. The van der Waals surface area contributed by atoms with E-state index in [-0.39, 0.29) is 17.3 Å². The molecule has 19 heavy (non-hydrogen) atoms. The third-order valence-electron chi connectivity index (χ3n) is 2.54. The molecule has 5 heteroatoms. The lowest BCUT2D eigenvalue weighted by Crippen LogP contribution is -2.03. The summed E-state index contributed by atoms with van der Waals surface area (Å²) in [5, 5.41) is 10.3. The van der Waals surface area contributed by atoms with Crippen LogP contribution in [0.3, 0.4) is 0 Å². The van der Waals surface area contributed by atoms with E-state index in [0.29, 0.717) is 17.9 Å². The Hall–Kier alpha value is -2.43. The largest absolute Gasteiger partial charge is 0.457 e. The number of hydrogen-bond donors (Lipinski definition) is 0. The lowest BCUT2D eigenvalue weighted by Gasteiger charge is -2.06. The van der Waals surface area contributed by atoms with E-state index in [0.717, 1.165) is 5.56 Å². The Kier molecular flexibility index (Phi) is 4.07. The minimum atomic E-state index is -0.361. The molecule has 0 aliphatic carbocycles. The van der Waals surface area contributed by atoms with Crippen molar-refractivity contribution in [2.75, 3.05) is 6.54 Å². The van der Waals surface area contributed by atoms with Crippen molar-refractivity contribution in [2.24, 2.45) is 0 Å². The van der Waals surface area contributed by atoms with E-state index in [1.54, 1.807) is 36.4 Å². The third-order valence-corrected chi connectivity index (χ3v) is 2.54. The first-order valence-electron chi connectivity index (χ1n) is 5.77. The van der Waals surface area contributed by atoms with Crippen molar-refractivity contribution >= 4 is 0 Å². The zero-order chi connectivity index (χ0) is 13.7. The summed E-state index contributed by atoms with van der Waals surface area (Å²) in [6, 6.07) is 12.8. The van der Waals surface area contributed by atoms with Crippen LogP contribution in [-0.4, -0.2) is 11.5 Å². The van der Waals surface area contributed by atoms with E-state index < -0.39 is 0 Å². The van der Waals surface area contributed by atoms with Gasteiger partial charge in [0, 0.05) is 17.4 Å². The summed E-state index contributed by atoms with van der Waals surface area (Å²) in [6.45, 7) is -0.0932. The van der Waals surface area contributed by atoms with E-state index in [4.69, 9.17) is 4.74 Å². The maximum Gasteiger partial charge on any atom is 0.207 e. The minimum absolute atomic E-state index is 0.0932. The molecule has 0 fully saturated rings. The fraction of sp³-hybridized carbons (Fsp3) is 0.143. The number of nitrogens with zero attached hydrogens (tertiary/aromatic N) is 1. The molecule has 0 aliphatic rings. The lowest BCUT2D eigenvalue weighted by molar-refractivity contribution is -0.479. The van der Waals surface area contributed by atoms with Crippen LogP contribution in [0.15, 0.2) is 48.5 Å². The molecule has 0 unspecified atom stereocenters. The highest BCUT2D eigenvalue weighted by Crippen LogP contribution is 2.22. The molecule has 0 atom stereocenters.